The first kappa shape index (κ1) is 6.78. The van der Waals surface area contributed by atoms with Crippen molar-refractivity contribution in [3.05, 3.63) is 12.2 Å². The van der Waals surface area contributed by atoms with Gasteiger partial charge in [-0.1, -0.05) is 12.2 Å². The largest absolute Gasteiger partial charge is 0.396 e. The fraction of sp³-hybridized carbons (Fsp3) is 0.714. The normalized spacial score (nSPS) is 34.9. The molecule has 0 bridgehead atoms. The van der Waals surface area contributed by atoms with E-state index >= 15 is 0 Å². The van der Waals surface area contributed by atoms with E-state index in [1.807, 2.05) is 0 Å². The molecule has 0 aliphatic heterocycles. The number of quaternary nitrogens is 1. The fourth-order valence-electron chi connectivity index (χ4n) is 1.15. The minimum atomic E-state index is 0.290. The minimum Gasteiger partial charge on any atom is -0.396 e. The molecule has 0 unspecified atom stereocenters. The van der Waals surface area contributed by atoms with Gasteiger partial charge in [0.25, 0.3) is 0 Å². The molecule has 0 heterocycles. The third-order valence-electron chi connectivity index (χ3n) is 1.95. The first-order valence-electron chi connectivity index (χ1n) is 3.43. The predicted molar refractivity (Wildman–Crippen MR) is 35.6 cm³/mol. The molecule has 1 rings (SSSR count). The SMILES string of the molecule is [NH3+][C@H]1CC=CC[C@H]1CO. The van der Waals surface area contributed by atoms with Crippen molar-refractivity contribution in [3.8, 4) is 0 Å². The van der Waals surface area contributed by atoms with E-state index < -0.39 is 0 Å². The van der Waals surface area contributed by atoms with E-state index in [0.717, 1.165) is 12.8 Å². The highest BCUT2D eigenvalue weighted by Crippen LogP contribution is 2.14. The lowest BCUT2D eigenvalue weighted by molar-refractivity contribution is -0.434. The van der Waals surface area contributed by atoms with Crippen molar-refractivity contribution in [2.75, 3.05) is 6.61 Å². The Labute approximate surface area is 55.4 Å². The first-order valence-corrected chi connectivity index (χ1v) is 3.43. The molecule has 2 heteroatoms. The van der Waals surface area contributed by atoms with Crippen LogP contribution in [0, 0.1) is 5.92 Å². The van der Waals surface area contributed by atoms with Crippen LogP contribution in [0.2, 0.25) is 0 Å². The summed E-state index contributed by atoms with van der Waals surface area (Å²) in [4.78, 5) is 0. The van der Waals surface area contributed by atoms with E-state index in [0.29, 0.717) is 18.6 Å². The molecule has 1 aliphatic rings. The number of hydrogen-bond donors (Lipinski definition) is 2. The van der Waals surface area contributed by atoms with Gasteiger partial charge in [0.1, 0.15) is 0 Å². The van der Waals surface area contributed by atoms with E-state index in [1.54, 1.807) is 0 Å². The molecule has 0 aromatic carbocycles. The van der Waals surface area contributed by atoms with Crippen molar-refractivity contribution in [1.29, 1.82) is 0 Å². The summed E-state index contributed by atoms with van der Waals surface area (Å²) in [6.45, 7) is 0.290. The average molecular weight is 128 g/mol. The molecule has 0 radical (unpaired) electrons. The molecule has 9 heavy (non-hydrogen) atoms. The van der Waals surface area contributed by atoms with Gasteiger partial charge in [0, 0.05) is 12.3 Å². The van der Waals surface area contributed by atoms with Crippen molar-refractivity contribution in [2.45, 2.75) is 18.9 Å². The van der Waals surface area contributed by atoms with E-state index in [9.17, 15) is 0 Å². The Bertz CT molecular complexity index is 111. The summed E-state index contributed by atoms with van der Waals surface area (Å²) in [6.07, 6.45) is 6.31. The second-order valence-electron chi connectivity index (χ2n) is 2.65. The lowest BCUT2D eigenvalue weighted by atomic mass is 9.91. The Hall–Kier alpha value is -0.340. The van der Waals surface area contributed by atoms with Crippen LogP contribution in [0.3, 0.4) is 0 Å². The van der Waals surface area contributed by atoms with Gasteiger partial charge in [-0.15, -0.1) is 0 Å². The van der Waals surface area contributed by atoms with E-state index in [4.69, 9.17) is 5.11 Å². The van der Waals surface area contributed by atoms with Crippen molar-refractivity contribution in [3.63, 3.8) is 0 Å². The summed E-state index contributed by atoms with van der Waals surface area (Å²) in [5, 5.41) is 8.79. The molecule has 0 aromatic heterocycles. The van der Waals surface area contributed by atoms with Crippen LogP contribution in [-0.4, -0.2) is 17.8 Å². The summed E-state index contributed by atoms with van der Waals surface area (Å²) in [7, 11) is 0. The lowest BCUT2D eigenvalue weighted by Crippen LogP contribution is -2.65. The van der Waals surface area contributed by atoms with E-state index in [-0.39, 0.29) is 0 Å². The molecular weight excluding hydrogens is 114 g/mol. The van der Waals surface area contributed by atoms with Crippen molar-refractivity contribution >= 4 is 0 Å². The van der Waals surface area contributed by atoms with Gasteiger partial charge < -0.3 is 10.8 Å². The quantitative estimate of drug-likeness (QED) is 0.462. The maximum absolute atomic E-state index is 8.79. The van der Waals surface area contributed by atoms with Gasteiger partial charge in [-0.05, 0) is 6.42 Å². The second-order valence-corrected chi connectivity index (χ2v) is 2.65. The van der Waals surface area contributed by atoms with Gasteiger partial charge in [0.2, 0.25) is 0 Å². The van der Waals surface area contributed by atoms with Gasteiger partial charge in [0.15, 0.2) is 0 Å². The Kier molecular flexibility index (Phi) is 2.25. The zero-order chi connectivity index (χ0) is 6.69. The molecule has 2 nitrogen and oxygen atoms in total. The number of rotatable bonds is 1. The Morgan fingerprint density at radius 3 is 2.56 bits per heavy atom. The van der Waals surface area contributed by atoms with E-state index in [2.05, 4.69) is 17.9 Å². The third kappa shape index (κ3) is 1.53. The van der Waals surface area contributed by atoms with Crippen molar-refractivity contribution in [2.24, 2.45) is 5.92 Å². The summed E-state index contributed by atoms with van der Waals surface area (Å²) in [6, 6.07) is 0.431. The first-order chi connectivity index (χ1) is 4.34. The molecule has 0 spiro atoms. The van der Waals surface area contributed by atoms with E-state index in [1.165, 1.54) is 0 Å². The van der Waals surface area contributed by atoms with Gasteiger partial charge in [-0.3, -0.25) is 0 Å². The second kappa shape index (κ2) is 2.99. The average Bonchev–Trinajstić information content (AvgIpc) is 1.89. The lowest BCUT2D eigenvalue weighted by Gasteiger charge is -2.19. The monoisotopic (exact) mass is 128 g/mol. The highest BCUT2D eigenvalue weighted by Gasteiger charge is 2.20. The summed E-state index contributed by atoms with van der Waals surface area (Å²) in [5.74, 6) is 0.412. The number of aliphatic hydroxyl groups excluding tert-OH is 1. The standard InChI is InChI=1S/C7H13NO/c8-7-4-2-1-3-6(7)5-9/h1-2,6-7,9H,3-5,8H2/p+1/t6-,7-/m0/s1. The zero-order valence-corrected chi connectivity index (χ0v) is 5.59. The fourth-order valence-corrected chi connectivity index (χ4v) is 1.15. The van der Waals surface area contributed by atoms with Crippen LogP contribution >= 0.6 is 0 Å². The molecule has 0 amide bonds. The topological polar surface area (TPSA) is 47.9 Å². The molecule has 2 atom stereocenters. The Morgan fingerprint density at radius 2 is 2.11 bits per heavy atom. The molecule has 52 valence electrons. The smallest absolute Gasteiger partial charge is 0.0932 e. The van der Waals surface area contributed by atoms with Crippen LogP contribution in [0.1, 0.15) is 12.8 Å². The zero-order valence-electron chi connectivity index (χ0n) is 5.59. The molecular formula is C7H14NO+. The van der Waals surface area contributed by atoms with Gasteiger partial charge in [-0.2, -0.15) is 0 Å². The van der Waals surface area contributed by atoms with Crippen LogP contribution in [0.15, 0.2) is 12.2 Å². The number of allylic oxidation sites excluding steroid dienone is 1. The number of hydrogen-bond acceptors (Lipinski definition) is 1. The third-order valence-corrected chi connectivity index (χ3v) is 1.95. The molecule has 0 saturated carbocycles. The summed E-state index contributed by atoms with van der Waals surface area (Å²) < 4.78 is 0. The van der Waals surface area contributed by atoms with Gasteiger partial charge in [-0.25, -0.2) is 0 Å². The van der Waals surface area contributed by atoms with Crippen LogP contribution in [-0.2, 0) is 0 Å². The molecule has 0 aromatic rings. The molecule has 0 fully saturated rings. The van der Waals surface area contributed by atoms with Crippen LogP contribution < -0.4 is 5.73 Å². The maximum Gasteiger partial charge on any atom is 0.0932 e. The summed E-state index contributed by atoms with van der Waals surface area (Å²) in [5.41, 5.74) is 3.94. The predicted octanol–water partition coefficient (Wildman–Crippen LogP) is -0.445. The maximum atomic E-state index is 8.79. The van der Waals surface area contributed by atoms with Crippen LogP contribution in [0.4, 0.5) is 0 Å². The highest BCUT2D eigenvalue weighted by molar-refractivity contribution is 4.93. The Morgan fingerprint density at radius 1 is 1.44 bits per heavy atom. The molecule has 4 N–H and O–H groups in total. The Balaban J connectivity index is 2.43. The van der Waals surface area contributed by atoms with Gasteiger partial charge in [0.05, 0.1) is 12.6 Å². The van der Waals surface area contributed by atoms with Crippen LogP contribution in [0.25, 0.3) is 0 Å². The van der Waals surface area contributed by atoms with Gasteiger partial charge >= 0.3 is 0 Å². The molecule has 0 saturated heterocycles. The van der Waals surface area contributed by atoms with Crippen LogP contribution in [0.5, 0.6) is 0 Å². The van der Waals surface area contributed by atoms with Crippen molar-refractivity contribution < 1.29 is 10.8 Å². The van der Waals surface area contributed by atoms with Crippen molar-refractivity contribution in [1.82, 2.24) is 0 Å². The summed E-state index contributed by atoms with van der Waals surface area (Å²) >= 11 is 0. The molecule has 1 aliphatic carbocycles. The number of aliphatic hydroxyl groups is 1. The minimum absolute atomic E-state index is 0.290. The highest BCUT2D eigenvalue weighted by atomic mass is 16.3.